The van der Waals surface area contributed by atoms with Crippen molar-refractivity contribution in [3.8, 4) is 0 Å². The third-order valence-corrected chi connectivity index (χ3v) is 2.33. The van der Waals surface area contributed by atoms with Gasteiger partial charge in [-0.1, -0.05) is 0 Å². The van der Waals surface area contributed by atoms with Gasteiger partial charge in [-0.2, -0.15) is 0 Å². The Morgan fingerprint density at radius 2 is 1.61 bits per heavy atom. The van der Waals surface area contributed by atoms with Crippen molar-refractivity contribution in [2.24, 2.45) is 0 Å². The van der Waals surface area contributed by atoms with E-state index in [0.717, 1.165) is 0 Å². The third-order valence-electron chi connectivity index (χ3n) is 2.33. The van der Waals surface area contributed by atoms with E-state index in [1.54, 1.807) is 0 Å². The van der Waals surface area contributed by atoms with Gasteiger partial charge in [0.05, 0.1) is 24.8 Å². The molecular formula is C13H16O5. The minimum absolute atomic E-state index is 0.0887. The molecule has 0 fully saturated rings. The molecule has 1 aromatic rings. The second kappa shape index (κ2) is 7.45. The van der Waals surface area contributed by atoms with E-state index in [-0.39, 0.29) is 13.2 Å². The average Bonchev–Trinajstić information content (AvgIpc) is 2.42. The summed E-state index contributed by atoms with van der Waals surface area (Å²) >= 11 is 0. The number of unbranched alkanes of at least 4 members (excludes halogenated alkanes) is 1. The lowest BCUT2D eigenvalue weighted by molar-refractivity contribution is 0.0491. The number of hydrogen-bond acceptors (Lipinski definition) is 5. The number of rotatable bonds is 6. The number of aliphatic hydroxyl groups is 1. The highest BCUT2D eigenvalue weighted by molar-refractivity contribution is 5.93. The lowest BCUT2D eigenvalue weighted by atomic mass is 10.1. The summed E-state index contributed by atoms with van der Waals surface area (Å²) in [4.78, 5) is 22.7. The van der Waals surface area contributed by atoms with Crippen LogP contribution >= 0.6 is 0 Å². The molecular weight excluding hydrogens is 236 g/mol. The lowest BCUT2D eigenvalue weighted by Crippen LogP contribution is -2.08. The zero-order valence-corrected chi connectivity index (χ0v) is 10.2. The van der Waals surface area contributed by atoms with Crippen molar-refractivity contribution in [1.29, 1.82) is 0 Å². The summed E-state index contributed by atoms with van der Waals surface area (Å²) in [5.41, 5.74) is 0.765. The van der Waals surface area contributed by atoms with Gasteiger partial charge in [-0.3, -0.25) is 0 Å². The Balaban J connectivity index is 2.51. The summed E-state index contributed by atoms with van der Waals surface area (Å²) < 4.78 is 9.54. The molecule has 0 amide bonds. The highest BCUT2D eigenvalue weighted by Crippen LogP contribution is 2.07. The molecule has 0 aliphatic rings. The number of esters is 2. The number of carbonyl (C=O) groups excluding carboxylic acids is 2. The number of hydrogen-bond donors (Lipinski definition) is 1. The monoisotopic (exact) mass is 252 g/mol. The van der Waals surface area contributed by atoms with E-state index in [9.17, 15) is 9.59 Å². The van der Waals surface area contributed by atoms with E-state index in [1.165, 1.54) is 31.4 Å². The SMILES string of the molecule is COC(=O)c1ccc(C(=O)OCCCCO)cc1. The van der Waals surface area contributed by atoms with Gasteiger partial charge in [-0.15, -0.1) is 0 Å². The summed E-state index contributed by atoms with van der Waals surface area (Å²) in [6, 6.07) is 6.05. The number of benzene rings is 1. The van der Waals surface area contributed by atoms with Crippen LogP contribution in [0.5, 0.6) is 0 Å². The standard InChI is InChI=1S/C13H16O5/c1-17-12(15)10-4-6-11(7-5-10)13(16)18-9-3-2-8-14/h4-7,14H,2-3,8-9H2,1H3. The van der Waals surface area contributed by atoms with Gasteiger partial charge < -0.3 is 14.6 Å². The molecule has 0 bridgehead atoms. The van der Waals surface area contributed by atoms with Crippen molar-refractivity contribution in [1.82, 2.24) is 0 Å². The quantitative estimate of drug-likeness (QED) is 0.612. The Hall–Kier alpha value is -1.88. The minimum atomic E-state index is -0.446. The van der Waals surface area contributed by atoms with Crippen molar-refractivity contribution in [3.05, 3.63) is 35.4 Å². The molecule has 5 heteroatoms. The van der Waals surface area contributed by atoms with E-state index in [4.69, 9.17) is 9.84 Å². The first-order valence-corrected chi connectivity index (χ1v) is 5.65. The van der Waals surface area contributed by atoms with Crippen molar-refractivity contribution < 1.29 is 24.2 Å². The maximum absolute atomic E-state index is 11.6. The first-order valence-electron chi connectivity index (χ1n) is 5.65. The second-order valence-electron chi connectivity index (χ2n) is 3.64. The van der Waals surface area contributed by atoms with E-state index < -0.39 is 11.9 Å². The largest absolute Gasteiger partial charge is 0.465 e. The third kappa shape index (κ3) is 4.18. The average molecular weight is 252 g/mol. The van der Waals surface area contributed by atoms with E-state index >= 15 is 0 Å². The number of carbonyl (C=O) groups is 2. The molecule has 5 nitrogen and oxygen atoms in total. The van der Waals surface area contributed by atoms with E-state index in [1.807, 2.05) is 0 Å². The first kappa shape index (κ1) is 14.2. The Morgan fingerprint density at radius 3 is 2.11 bits per heavy atom. The summed E-state index contributed by atoms with van der Waals surface area (Å²) in [7, 11) is 1.30. The van der Waals surface area contributed by atoms with Crippen LogP contribution in [0.15, 0.2) is 24.3 Å². The van der Waals surface area contributed by atoms with Crippen LogP contribution in [-0.2, 0) is 9.47 Å². The molecule has 0 saturated carbocycles. The molecule has 1 rings (SSSR count). The fourth-order valence-corrected chi connectivity index (χ4v) is 1.32. The van der Waals surface area contributed by atoms with Crippen LogP contribution in [0.3, 0.4) is 0 Å². The lowest BCUT2D eigenvalue weighted by Gasteiger charge is -2.04. The van der Waals surface area contributed by atoms with Crippen LogP contribution in [-0.4, -0.2) is 37.4 Å². The van der Waals surface area contributed by atoms with Crippen LogP contribution in [0, 0.1) is 0 Å². The molecule has 0 heterocycles. The van der Waals surface area contributed by atoms with Gasteiger partial charge in [-0.05, 0) is 37.1 Å². The molecule has 18 heavy (non-hydrogen) atoms. The maximum Gasteiger partial charge on any atom is 0.338 e. The van der Waals surface area contributed by atoms with Gasteiger partial charge in [0.2, 0.25) is 0 Å². The molecule has 0 atom stereocenters. The Morgan fingerprint density at radius 1 is 1.06 bits per heavy atom. The van der Waals surface area contributed by atoms with Gasteiger partial charge in [0.25, 0.3) is 0 Å². The van der Waals surface area contributed by atoms with E-state index in [0.29, 0.717) is 24.0 Å². The van der Waals surface area contributed by atoms with Crippen molar-refractivity contribution in [2.45, 2.75) is 12.8 Å². The molecule has 0 spiro atoms. The summed E-state index contributed by atoms with van der Waals surface area (Å²) in [6.45, 7) is 0.365. The number of aliphatic hydroxyl groups excluding tert-OH is 1. The molecule has 0 aliphatic heterocycles. The fraction of sp³-hybridized carbons (Fsp3) is 0.385. The first-order chi connectivity index (χ1) is 8.69. The predicted octanol–water partition coefficient (Wildman–Crippen LogP) is 1.40. The van der Waals surface area contributed by atoms with Crippen molar-refractivity contribution in [2.75, 3.05) is 20.3 Å². The van der Waals surface area contributed by atoms with Crippen LogP contribution in [0.2, 0.25) is 0 Å². The van der Waals surface area contributed by atoms with Gasteiger partial charge in [0.15, 0.2) is 0 Å². The molecule has 0 saturated heterocycles. The van der Waals surface area contributed by atoms with Crippen LogP contribution in [0.25, 0.3) is 0 Å². The predicted molar refractivity (Wildman–Crippen MR) is 64.4 cm³/mol. The molecule has 1 N–H and O–H groups in total. The Kier molecular flexibility index (Phi) is 5.87. The fourth-order valence-electron chi connectivity index (χ4n) is 1.32. The molecule has 0 aromatic heterocycles. The highest BCUT2D eigenvalue weighted by Gasteiger charge is 2.09. The van der Waals surface area contributed by atoms with Crippen molar-refractivity contribution in [3.63, 3.8) is 0 Å². The smallest absolute Gasteiger partial charge is 0.338 e. The molecule has 0 radical (unpaired) electrons. The molecule has 0 aliphatic carbocycles. The van der Waals surface area contributed by atoms with Gasteiger partial charge >= 0.3 is 11.9 Å². The van der Waals surface area contributed by atoms with Crippen LogP contribution in [0.4, 0.5) is 0 Å². The van der Waals surface area contributed by atoms with Crippen LogP contribution in [0.1, 0.15) is 33.6 Å². The Bertz CT molecular complexity index is 396. The zero-order chi connectivity index (χ0) is 13.4. The zero-order valence-electron chi connectivity index (χ0n) is 10.2. The van der Waals surface area contributed by atoms with Crippen molar-refractivity contribution >= 4 is 11.9 Å². The van der Waals surface area contributed by atoms with Gasteiger partial charge in [0, 0.05) is 6.61 Å². The Labute approximate surface area is 105 Å². The summed E-state index contributed by atoms with van der Waals surface area (Å²) in [5.74, 6) is -0.887. The molecule has 0 unspecified atom stereocenters. The maximum atomic E-state index is 11.6. The minimum Gasteiger partial charge on any atom is -0.465 e. The van der Waals surface area contributed by atoms with Gasteiger partial charge in [-0.25, -0.2) is 9.59 Å². The number of ether oxygens (including phenoxy) is 2. The second-order valence-corrected chi connectivity index (χ2v) is 3.64. The number of methoxy groups -OCH3 is 1. The molecule has 98 valence electrons. The van der Waals surface area contributed by atoms with E-state index in [2.05, 4.69) is 4.74 Å². The molecule has 1 aromatic carbocycles. The summed E-state index contributed by atoms with van der Waals surface area (Å²) in [5, 5.41) is 8.57. The highest BCUT2D eigenvalue weighted by atomic mass is 16.5. The van der Waals surface area contributed by atoms with Gasteiger partial charge in [0.1, 0.15) is 0 Å². The topological polar surface area (TPSA) is 72.8 Å². The summed E-state index contributed by atoms with van der Waals surface area (Å²) in [6.07, 6.45) is 1.23. The normalized spacial score (nSPS) is 9.89. The van der Waals surface area contributed by atoms with Crippen LogP contribution < -0.4 is 0 Å².